The number of aliphatic hydroxyl groups excluding tert-OH is 1. The number of benzene rings is 1. The van der Waals surface area contributed by atoms with Crippen LogP contribution in [-0.2, 0) is 6.61 Å². The molecule has 0 saturated heterocycles. The summed E-state index contributed by atoms with van der Waals surface area (Å²) in [6.45, 7) is 4.67. The van der Waals surface area contributed by atoms with E-state index in [1.807, 2.05) is 23.9 Å². The van der Waals surface area contributed by atoms with Gasteiger partial charge in [0.1, 0.15) is 0 Å². The Labute approximate surface area is 96.9 Å². The molecule has 1 N–H and O–H groups in total. The van der Waals surface area contributed by atoms with Crippen LogP contribution in [0.2, 0.25) is 0 Å². The van der Waals surface area contributed by atoms with E-state index in [0.29, 0.717) is 0 Å². The second-order valence-corrected chi connectivity index (χ2v) is 5.10. The Hall–Kier alpha value is -0.470. The normalized spacial score (nSPS) is 12.7. The molecule has 1 aromatic carbocycles. The molecule has 1 atom stereocenters. The quantitative estimate of drug-likeness (QED) is 0.743. The molecule has 0 aliphatic rings. The summed E-state index contributed by atoms with van der Waals surface area (Å²) in [7, 11) is 0. The van der Waals surface area contributed by atoms with Crippen molar-refractivity contribution in [3.63, 3.8) is 0 Å². The summed E-state index contributed by atoms with van der Waals surface area (Å²) in [4.78, 5) is 1.27. The molecule has 0 aliphatic heterocycles. The van der Waals surface area contributed by atoms with E-state index in [4.69, 9.17) is 5.11 Å². The summed E-state index contributed by atoms with van der Waals surface area (Å²) in [6, 6.07) is 8.16. The van der Waals surface area contributed by atoms with Crippen molar-refractivity contribution < 1.29 is 5.11 Å². The molecular formula is C13H20OS. The lowest BCUT2D eigenvalue weighted by Gasteiger charge is -2.09. The Bertz CT molecular complexity index is 286. The van der Waals surface area contributed by atoms with Crippen molar-refractivity contribution in [2.24, 2.45) is 5.92 Å². The summed E-state index contributed by atoms with van der Waals surface area (Å²) in [5.74, 6) is 1.95. The second kappa shape index (κ2) is 6.91. The lowest BCUT2D eigenvalue weighted by Crippen LogP contribution is -1.97. The molecule has 1 rings (SSSR count). The molecule has 0 bridgehead atoms. The largest absolute Gasteiger partial charge is 0.392 e. The smallest absolute Gasteiger partial charge is 0.0682 e. The van der Waals surface area contributed by atoms with E-state index >= 15 is 0 Å². The molecule has 0 spiro atoms. The zero-order chi connectivity index (χ0) is 11.1. The number of rotatable bonds is 6. The first-order valence-corrected chi connectivity index (χ1v) is 6.57. The van der Waals surface area contributed by atoms with Gasteiger partial charge in [0, 0.05) is 10.6 Å². The van der Waals surface area contributed by atoms with E-state index in [9.17, 15) is 0 Å². The molecular weight excluding hydrogens is 204 g/mol. The Morgan fingerprint density at radius 3 is 2.87 bits per heavy atom. The summed E-state index contributed by atoms with van der Waals surface area (Å²) in [5.41, 5.74) is 1.00. The molecule has 1 aromatic rings. The van der Waals surface area contributed by atoms with E-state index in [1.54, 1.807) is 0 Å². The number of hydrogen-bond acceptors (Lipinski definition) is 2. The monoisotopic (exact) mass is 224 g/mol. The Balaban J connectivity index is 2.43. The first-order valence-electron chi connectivity index (χ1n) is 5.58. The number of thioether (sulfide) groups is 1. The van der Waals surface area contributed by atoms with E-state index < -0.39 is 0 Å². The minimum atomic E-state index is 0.138. The molecule has 2 heteroatoms. The van der Waals surface area contributed by atoms with Crippen molar-refractivity contribution in [1.82, 2.24) is 0 Å². The lowest BCUT2D eigenvalue weighted by atomic mass is 10.1. The van der Waals surface area contributed by atoms with Crippen LogP contribution in [0.15, 0.2) is 29.2 Å². The summed E-state index contributed by atoms with van der Waals surface area (Å²) < 4.78 is 0. The Morgan fingerprint density at radius 2 is 2.20 bits per heavy atom. The van der Waals surface area contributed by atoms with Crippen molar-refractivity contribution >= 4 is 11.8 Å². The van der Waals surface area contributed by atoms with Gasteiger partial charge in [-0.15, -0.1) is 11.8 Å². The Morgan fingerprint density at radius 1 is 1.40 bits per heavy atom. The third kappa shape index (κ3) is 4.72. The average Bonchev–Trinajstić information content (AvgIpc) is 2.27. The molecule has 15 heavy (non-hydrogen) atoms. The minimum absolute atomic E-state index is 0.138. The topological polar surface area (TPSA) is 20.2 Å². The van der Waals surface area contributed by atoms with Crippen LogP contribution < -0.4 is 0 Å². The standard InChI is InChI=1S/C13H20OS/c1-3-5-11(2)10-15-13-7-4-6-12(8-13)9-14/h4,6-8,11,14H,3,5,9-10H2,1-2H3. The van der Waals surface area contributed by atoms with Gasteiger partial charge in [-0.25, -0.2) is 0 Å². The SMILES string of the molecule is CCCC(C)CSc1cccc(CO)c1. The van der Waals surface area contributed by atoms with Crippen molar-refractivity contribution in [2.75, 3.05) is 5.75 Å². The maximum atomic E-state index is 9.01. The van der Waals surface area contributed by atoms with Crippen LogP contribution >= 0.6 is 11.8 Å². The van der Waals surface area contributed by atoms with E-state index in [1.165, 1.54) is 23.5 Å². The van der Waals surface area contributed by atoms with Crippen LogP contribution in [0, 0.1) is 5.92 Å². The highest BCUT2D eigenvalue weighted by Gasteiger charge is 2.02. The summed E-state index contributed by atoms with van der Waals surface area (Å²) >= 11 is 1.89. The highest BCUT2D eigenvalue weighted by Crippen LogP contribution is 2.23. The third-order valence-corrected chi connectivity index (χ3v) is 3.72. The van der Waals surface area contributed by atoms with Gasteiger partial charge in [-0.2, -0.15) is 0 Å². The average molecular weight is 224 g/mol. The van der Waals surface area contributed by atoms with Gasteiger partial charge in [-0.1, -0.05) is 38.8 Å². The van der Waals surface area contributed by atoms with Gasteiger partial charge in [0.15, 0.2) is 0 Å². The summed E-state index contributed by atoms with van der Waals surface area (Å²) in [6.07, 6.45) is 2.56. The van der Waals surface area contributed by atoms with Crippen LogP contribution in [0.3, 0.4) is 0 Å². The van der Waals surface area contributed by atoms with Gasteiger partial charge >= 0.3 is 0 Å². The lowest BCUT2D eigenvalue weighted by molar-refractivity contribution is 0.281. The van der Waals surface area contributed by atoms with Gasteiger partial charge in [0.05, 0.1) is 6.61 Å². The van der Waals surface area contributed by atoms with Gasteiger partial charge in [0.25, 0.3) is 0 Å². The predicted molar refractivity (Wildman–Crippen MR) is 67.2 cm³/mol. The molecule has 0 amide bonds. The zero-order valence-electron chi connectivity index (χ0n) is 9.57. The minimum Gasteiger partial charge on any atom is -0.392 e. The molecule has 1 nitrogen and oxygen atoms in total. The summed E-state index contributed by atoms with van der Waals surface area (Å²) in [5, 5.41) is 9.01. The van der Waals surface area contributed by atoms with Gasteiger partial charge < -0.3 is 5.11 Å². The van der Waals surface area contributed by atoms with Crippen LogP contribution in [0.25, 0.3) is 0 Å². The zero-order valence-corrected chi connectivity index (χ0v) is 10.4. The molecule has 0 fully saturated rings. The van der Waals surface area contributed by atoms with Crippen LogP contribution in [0.4, 0.5) is 0 Å². The molecule has 84 valence electrons. The van der Waals surface area contributed by atoms with E-state index in [2.05, 4.69) is 26.0 Å². The fourth-order valence-electron chi connectivity index (χ4n) is 1.55. The second-order valence-electron chi connectivity index (χ2n) is 4.01. The fraction of sp³-hybridized carbons (Fsp3) is 0.538. The van der Waals surface area contributed by atoms with E-state index in [-0.39, 0.29) is 6.61 Å². The molecule has 0 saturated carbocycles. The predicted octanol–water partition coefficient (Wildman–Crippen LogP) is 3.71. The van der Waals surface area contributed by atoms with Crippen LogP contribution in [-0.4, -0.2) is 10.9 Å². The number of hydrogen-bond donors (Lipinski definition) is 1. The molecule has 1 unspecified atom stereocenters. The van der Waals surface area contributed by atoms with Gasteiger partial charge in [0.2, 0.25) is 0 Å². The molecule has 0 heterocycles. The first kappa shape index (κ1) is 12.6. The van der Waals surface area contributed by atoms with E-state index in [0.717, 1.165) is 11.5 Å². The first-order chi connectivity index (χ1) is 7.26. The highest BCUT2D eigenvalue weighted by atomic mass is 32.2. The fourth-order valence-corrected chi connectivity index (χ4v) is 2.60. The maximum absolute atomic E-state index is 9.01. The number of aliphatic hydroxyl groups is 1. The van der Waals surface area contributed by atoms with Crippen molar-refractivity contribution in [3.05, 3.63) is 29.8 Å². The van der Waals surface area contributed by atoms with Crippen LogP contribution in [0.1, 0.15) is 32.3 Å². The van der Waals surface area contributed by atoms with Gasteiger partial charge in [-0.05, 0) is 23.6 Å². The van der Waals surface area contributed by atoms with Crippen LogP contribution in [0.5, 0.6) is 0 Å². The molecule has 0 aliphatic carbocycles. The molecule has 0 radical (unpaired) electrons. The van der Waals surface area contributed by atoms with Crippen molar-refractivity contribution in [3.8, 4) is 0 Å². The Kier molecular flexibility index (Phi) is 5.81. The highest BCUT2D eigenvalue weighted by molar-refractivity contribution is 7.99. The van der Waals surface area contributed by atoms with Gasteiger partial charge in [-0.3, -0.25) is 0 Å². The maximum Gasteiger partial charge on any atom is 0.0682 e. The third-order valence-electron chi connectivity index (χ3n) is 2.40. The van der Waals surface area contributed by atoms with Crippen molar-refractivity contribution in [1.29, 1.82) is 0 Å². The molecule has 0 aromatic heterocycles. The van der Waals surface area contributed by atoms with Crippen molar-refractivity contribution in [2.45, 2.75) is 38.2 Å².